The number of aromatic nitrogens is 1. The van der Waals surface area contributed by atoms with E-state index in [1.54, 1.807) is 18.3 Å². The third-order valence-electron chi connectivity index (χ3n) is 4.91. The Hall–Kier alpha value is -2.76. The van der Waals surface area contributed by atoms with Crippen molar-refractivity contribution in [3.05, 3.63) is 95.9 Å². The van der Waals surface area contributed by atoms with Gasteiger partial charge in [0.1, 0.15) is 18.5 Å². The van der Waals surface area contributed by atoms with Gasteiger partial charge < -0.3 is 9.47 Å². The Kier molecular flexibility index (Phi) is 5.95. The molecule has 0 bridgehead atoms. The van der Waals surface area contributed by atoms with Crippen LogP contribution in [0.5, 0.6) is 5.88 Å². The first-order valence-corrected chi connectivity index (χ1v) is 9.48. The third kappa shape index (κ3) is 4.55. The van der Waals surface area contributed by atoms with Gasteiger partial charge in [-0.05, 0) is 29.3 Å². The zero-order valence-electron chi connectivity index (χ0n) is 15.6. The van der Waals surface area contributed by atoms with E-state index in [4.69, 9.17) is 9.47 Å². The molecule has 144 valence electrons. The van der Waals surface area contributed by atoms with E-state index in [9.17, 15) is 4.39 Å². The minimum Gasteiger partial charge on any atom is -0.475 e. The van der Waals surface area contributed by atoms with Crippen molar-refractivity contribution >= 4 is 0 Å². The van der Waals surface area contributed by atoms with Crippen LogP contribution in [-0.2, 0) is 11.3 Å². The van der Waals surface area contributed by atoms with Crippen LogP contribution >= 0.6 is 0 Å². The molecule has 5 heteroatoms. The zero-order chi connectivity index (χ0) is 19.2. The Morgan fingerprint density at radius 3 is 2.68 bits per heavy atom. The molecule has 1 saturated heterocycles. The molecule has 3 aromatic rings. The SMILES string of the molecule is Fc1cccc(CN2CCO[C@@H](COc3ccccn3)[C@@H]2c2ccccc2)c1. The van der Waals surface area contributed by atoms with E-state index in [2.05, 4.69) is 22.0 Å². The molecular formula is C23H23FN2O2. The minimum atomic E-state index is -0.211. The van der Waals surface area contributed by atoms with E-state index in [0.29, 0.717) is 25.6 Å². The average molecular weight is 378 g/mol. The molecule has 0 amide bonds. The Labute approximate surface area is 164 Å². The molecular weight excluding hydrogens is 355 g/mol. The number of morpholine rings is 1. The van der Waals surface area contributed by atoms with Crippen LogP contribution in [-0.4, -0.2) is 35.7 Å². The van der Waals surface area contributed by atoms with Crippen molar-refractivity contribution in [2.24, 2.45) is 0 Å². The Balaban J connectivity index is 1.56. The second-order valence-corrected chi connectivity index (χ2v) is 6.84. The quantitative estimate of drug-likeness (QED) is 0.643. The van der Waals surface area contributed by atoms with Crippen LogP contribution in [0, 0.1) is 5.82 Å². The summed E-state index contributed by atoms with van der Waals surface area (Å²) < 4.78 is 25.6. The number of halogens is 1. The predicted octanol–water partition coefficient (Wildman–Crippen LogP) is 4.24. The Bertz CT molecular complexity index is 876. The molecule has 0 spiro atoms. The lowest BCUT2D eigenvalue weighted by molar-refractivity contribution is -0.0925. The van der Waals surface area contributed by atoms with Gasteiger partial charge in [0.2, 0.25) is 5.88 Å². The van der Waals surface area contributed by atoms with Gasteiger partial charge in [-0.25, -0.2) is 9.37 Å². The van der Waals surface area contributed by atoms with E-state index in [-0.39, 0.29) is 18.0 Å². The van der Waals surface area contributed by atoms with Crippen molar-refractivity contribution < 1.29 is 13.9 Å². The van der Waals surface area contributed by atoms with Crippen molar-refractivity contribution in [3.8, 4) is 5.88 Å². The molecule has 4 nitrogen and oxygen atoms in total. The molecule has 4 rings (SSSR count). The van der Waals surface area contributed by atoms with Gasteiger partial charge in [0.15, 0.2) is 0 Å². The number of pyridine rings is 1. The van der Waals surface area contributed by atoms with Crippen molar-refractivity contribution in [2.75, 3.05) is 19.8 Å². The summed E-state index contributed by atoms with van der Waals surface area (Å²) in [7, 11) is 0. The molecule has 1 aromatic heterocycles. The van der Waals surface area contributed by atoms with Gasteiger partial charge in [0.25, 0.3) is 0 Å². The molecule has 28 heavy (non-hydrogen) atoms. The second kappa shape index (κ2) is 8.95. The summed E-state index contributed by atoms with van der Waals surface area (Å²) in [6.45, 7) is 2.43. The van der Waals surface area contributed by atoms with Crippen LogP contribution in [0.3, 0.4) is 0 Å². The van der Waals surface area contributed by atoms with E-state index >= 15 is 0 Å². The van der Waals surface area contributed by atoms with Crippen molar-refractivity contribution in [2.45, 2.75) is 18.7 Å². The fourth-order valence-corrected chi connectivity index (χ4v) is 3.65. The van der Waals surface area contributed by atoms with Gasteiger partial charge >= 0.3 is 0 Å². The van der Waals surface area contributed by atoms with Gasteiger partial charge in [-0.2, -0.15) is 0 Å². The lowest BCUT2D eigenvalue weighted by Gasteiger charge is -2.41. The Morgan fingerprint density at radius 2 is 1.89 bits per heavy atom. The zero-order valence-corrected chi connectivity index (χ0v) is 15.6. The molecule has 2 aromatic carbocycles. The van der Waals surface area contributed by atoms with Crippen molar-refractivity contribution in [1.82, 2.24) is 9.88 Å². The van der Waals surface area contributed by atoms with E-state index in [1.807, 2.05) is 42.5 Å². The summed E-state index contributed by atoms with van der Waals surface area (Å²) in [5.41, 5.74) is 2.11. The monoisotopic (exact) mass is 378 g/mol. The number of rotatable bonds is 6. The van der Waals surface area contributed by atoms with E-state index in [0.717, 1.165) is 17.7 Å². The van der Waals surface area contributed by atoms with E-state index in [1.165, 1.54) is 6.07 Å². The molecule has 0 saturated carbocycles. The summed E-state index contributed by atoms with van der Waals surface area (Å²) in [4.78, 5) is 6.56. The average Bonchev–Trinajstić information content (AvgIpc) is 2.74. The number of ether oxygens (including phenoxy) is 2. The summed E-state index contributed by atoms with van der Waals surface area (Å²) in [6.07, 6.45) is 1.56. The van der Waals surface area contributed by atoms with Crippen LogP contribution < -0.4 is 4.74 Å². The summed E-state index contributed by atoms with van der Waals surface area (Å²) in [5.74, 6) is 0.372. The Morgan fingerprint density at radius 1 is 1.04 bits per heavy atom. The topological polar surface area (TPSA) is 34.6 Å². The number of nitrogens with zero attached hydrogens (tertiary/aromatic N) is 2. The van der Waals surface area contributed by atoms with Crippen LogP contribution in [0.1, 0.15) is 17.2 Å². The summed E-state index contributed by atoms with van der Waals surface area (Å²) in [5, 5.41) is 0. The van der Waals surface area contributed by atoms with Crippen molar-refractivity contribution in [3.63, 3.8) is 0 Å². The van der Waals surface area contributed by atoms with Gasteiger partial charge in [0, 0.05) is 25.4 Å². The summed E-state index contributed by atoms with van der Waals surface area (Å²) in [6, 6.07) is 22.7. The molecule has 1 aliphatic heterocycles. The largest absolute Gasteiger partial charge is 0.475 e. The maximum atomic E-state index is 13.7. The number of hydrogen-bond acceptors (Lipinski definition) is 4. The molecule has 2 heterocycles. The molecule has 0 N–H and O–H groups in total. The molecule has 1 fully saturated rings. The maximum absolute atomic E-state index is 13.7. The van der Waals surface area contributed by atoms with Crippen LogP contribution in [0.25, 0.3) is 0 Å². The normalized spacial score (nSPS) is 20.0. The number of benzene rings is 2. The van der Waals surface area contributed by atoms with Gasteiger partial charge in [-0.1, -0.05) is 48.5 Å². The lowest BCUT2D eigenvalue weighted by atomic mass is 9.97. The minimum absolute atomic E-state index is 0.0157. The number of hydrogen-bond donors (Lipinski definition) is 0. The second-order valence-electron chi connectivity index (χ2n) is 6.84. The highest BCUT2D eigenvalue weighted by Gasteiger charge is 2.34. The van der Waals surface area contributed by atoms with Crippen molar-refractivity contribution in [1.29, 1.82) is 0 Å². The molecule has 0 aliphatic carbocycles. The van der Waals surface area contributed by atoms with Crippen LogP contribution in [0.15, 0.2) is 79.0 Å². The fraction of sp³-hybridized carbons (Fsp3) is 0.261. The third-order valence-corrected chi connectivity index (χ3v) is 4.91. The van der Waals surface area contributed by atoms with Gasteiger partial charge in [-0.3, -0.25) is 4.90 Å². The first kappa shape index (κ1) is 18.6. The fourth-order valence-electron chi connectivity index (χ4n) is 3.65. The van der Waals surface area contributed by atoms with Crippen LogP contribution in [0.2, 0.25) is 0 Å². The lowest BCUT2D eigenvalue weighted by Crippen LogP contribution is -2.47. The maximum Gasteiger partial charge on any atom is 0.213 e. The summed E-state index contributed by atoms with van der Waals surface area (Å²) >= 11 is 0. The molecule has 1 aliphatic rings. The highest BCUT2D eigenvalue weighted by atomic mass is 19.1. The smallest absolute Gasteiger partial charge is 0.213 e. The highest BCUT2D eigenvalue weighted by Crippen LogP contribution is 2.31. The first-order valence-electron chi connectivity index (χ1n) is 9.48. The highest BCUT2D eigenvalue weighted by molar-refractivity contribution is 5.23. The van der Waals surface area contributed by atoms with E-state index < -0.39 is 0 Å². The molecule has 0 unspecified atom stereocenters. The molecule has 0 radical (unpaired) electrons. The predicted molar refractivity (Wildman–Crippen MR) is 105 cm³/mol. The standard InChI is InChI=1S/C23H23FN2O2/c24-20-10-6-7-18(15-20)16-26-13-14-27-21(17-28-22-11-4-5-12-25-22)23(26)19-8-2-1-3-9-19/h1-12,15,21,23H,13-14,16-17H2/t21-,23-/m0/s1. The first-order chi connectivity index (χ1) is 13.8. The van der Waals surface area contributed by atoms with Gasteiger partial charge in [0.05, 0.1) is 12.6 Å². The molecule has 2 atom stereocenters. The van der Waals surface area contributed by atoms with Gasteiger partial charge in [-0.15, -0.1) is 0 Å². The van der Waals surface area contributed by atoms with Crippen LogP contribution in [0.4, 0.5) is 4.39 Å².